The van der Waals surface area contributed by atoms with E-state index in [1.54, 1.807) is 0 Å². The molecule has 74 valence electrons. The highest BCUT2D eigenvalue weighted by Crippen LogP contribution is 2.09. The lowest BCUT2D eigenvalue weighted by Gasteiger charge is -2.00. The molecular weight excluding hydrogens is 182 g/mol. The van der Waals surface area contributed by atoms with Crippen molar-refractivity contribution in [3.8, 4) is 12.3 Å². The molecule has 1 aromatic rings. The third-order valence-corrected chi connectivity index (χ3v) is 1.71. The Morgan fingerprint density at radius 3 is 3.14 bits per heavy atom. The number of furan rings is 1. The number of hydrogen-bond donors (Lipinski definition) is 2. The van der Waals surface area contributed by atoms with Crippen LogP contribution in [-0.2, 0) is 6.54 Å². The maximum atomic E-state index is 10.7. The third kappa shape index (κ3) is 2.64. The molecule has 0 aliphatic heterocycles. The molecule has 0 bridgehead atoms. The van der Waals surface area contributed by atoms with Gasteiger partial charge in [-0.15, -0.1) is 12.3 Å². The molecule has 1 heterocycles. The van der Waals surface area contributed by atoms with Gasteiger partial charge in [0.25, 0.3) is 0 Å². The van der Waals surface area contributed by atoms with Gasteiger partial charge in [-0.25, -0.2) is 4.79 Å². The van der Waals surface area contributed by atoms with E-state index < -0.39 is 5.97 Å². The summed E-state index contributed by atoms with van der Waals surface area (Å²) in [7, 11) is 0. The Morgan fingerprint density at radius 2 is 2.50 bits per heavy atom. The van der Waals surface area contributed by atoms with E-state index >= 15 is 0 Å². The van der Waals surface area contributed by atoms with E-state index in [4.69, 9.17) is 15.9 Å². The summed E-state index contributed by atoms with van der Waals surface area (Å²) in [6.45, 7) is 1.03. The molecule has 1 rings (SSSR count). The summed E-state index contributed by atoms with van der Waals surface area (Å²) in [4.78, 5) is 10.7. The lowest BCUT2D eigenvalue weighted by Crippen LogP contribution is -2.15. The van der Waals surface area contributed by atoms with Crippen LogP contribution in [0.2, 0.25) is 0 Å². The van der Waals surface area contributed by atoms with E-state index in [0.29, 0.717) is 25.3 Å². The van der Waals surface area contributed by atoms with Crippen molar-refractivity contribution in [2.24, 2.45) is 0 Å². The number of carbonyl (C=O) groups is 1. The summed E-state index contributed by atoms with van der Waals surface area (Å²) >= 11 is 0. The van der Waals surface area contributed by atoms with Crippen LogP contribution in [0.1, 0.15) is 22.5 Å². The van der Waals surface area contributed by atoms with Gasteiger partial charge in [0, 0.05) is 13.0 Å². The fraction of sp³-hybridized carbons (Fsp3) is 0.300. The van der Waals surface area contributed by atoms with Crippen LogP contribution in [0.15, 0.2) is 16.7 Å². The van der Waals surface area contributed by atoms with Crippen LogP contribution in [0, 0.1) is 12.3 Å². The van der Waals surface area contributed by atoms with Crippen molar-refractivity contribution in [1.82, 2.24) is 5.32 Å². The number of aromatic carboxylic acids is 1. The second-order valence-corrected chi connectivity index (χ2v) is 2.69. The number of hydrogen-bond acceptors (Lipinski definition) is 3. The van der Waals surface area contributed by atoms with Crippen molar-refractivity contribution in [3.05, 3.63) is 23.7 Å². The molecule has 0 amide bonds. The second kappa shape index (κ2) is 5.10. The van der Waals surface area contributed by atoms with Crippen LogP contribution in [-0.4, -0.2) is 17.6 Å². The zero-order valence-corrected chi connectivity index (χ0v) is 7.62. The molecule has 1 aromatic heterocycles. The molecular formula is C10H11NO3. The molecule has 0 atom stereocenters. The van der Waals surface area contributed by atoms with Crippen LogP contribution in [0.5, 0.6) is 0 Å². The first-order valence-corrected chi connectivity index (χ1v) is 4.19. The monoisotopic (exact) mass is 193 g/mol. The van der Waals surface area contributed by atoms with Gasteiger partial charge in [0.1, 0.15) is 11.3 Å². The summed E-state index contributed by atoms with van der Waals surface area (Å²) in [5.41, 5.74) is 0.193. The van der Waals surface area contributed by atoms with Gasteiger partial charge in [0.05, 0.1) is 12.8 Å². The number of nitrogens with one attached hydrogen (secondary N) is 1. The van der Waals surface area contributed by atoms with Crippen LogP contribution in [0.25, 0.3) is 0 Å². The SMILES string of the molecule is C#CCCNCc1occc1C(=O)O. The fourth-order valence-corrected chi connectivity index (χ4v) is 1.03. The molecule has 4 heteroatoms. The van der Waals surface area contributed by atoms with Crippen molar-refractivity contribution in [3.63, 3.8) is 0 Å². The van der Waals surface area contributed by atoms with Crippen molar-refractivity contribution in [1.29, 1.82) is 0 Å². The minimum atomic E-state index is -0.979. The van der Waals surface area contributed by atoms with Gasteiger partial charge in [0.15, 0.2) is 0 Å². The molecule has 0 spiro atoms. The number of carboxylic acid groups (broad SMARTS) is 1. The quantitative estimate of drug-likeness (QED) is 0.542. The summed E-state index contributed by atoms with van der Waals surface area (Å²) in [5.74, 6) is 1.92. The van der Waals surface area contributed by atoms with Crippen LogP contribution in [0.3, 0.4) is 0 Å². The summed E-state index contributed by atoms with van der Waals surface area (Å²) in [6.07, 6.45) is 7.04. The van der Waals surface area contributed by atoms with Crippen molar-refractivity contribution < 1.29 is 14.3 Å². The first-order chi connectivity index (χ1) is 6.75. The zero-order valence-electron chi connectivity index (χ0n) is 7.62. The maximum Gasteiger partial charge on any atom is 0.339 e. The lowest BCUT2D eigenvalue weighted by molar-refractivity contribution is 0.0694. The molecule has 4 nitrogen and oxygen atoms in total. The van der Waals surface area contributed by atoms with E-state index in [1.807, 2.05) is 0 Å². The average molecular weight is 193 g/mol. The van der Waals surface area contributed by atoms with Crippen LogP contribution < -0.4 is 5.32 Å². The molecule has 2 N–H and O–H groups in total. The van der Waals surface area contributed by atoms with Crippen LogP contribution >= 0.6 is 0 Å². The Morgan fingerprint density at radius 1 is 1.71 bits per heavy atom. The number of terminal acetylenes is 1. The standard InChI is InChI=1S/C10H11NO3/c1-2-3-5-11-7-9-8(10(12)13)4-6-14-9/h1,4,6,11H,3,5,7H2,(H,12,13). The largest absolute Gasteiger partial charge is 0.478 e. The average Bonchev–Trinajstić information content (AvgIpc) is 2.60. The van der Waals surface area contributed by atoms with E-state index in [-0.39, 0.29) is 5.56 Å². The number of carboxylic acids is 1. The molecule has 0 saturated carbocycles. The fourth-order valence-electron chi connectivity index (χ4n) is 1.03. The highest BCUT2D eigenvalue weighted by atomic mass is 16.4. The molecule has 0 saturated heterocycles. The predicted molar refractivity (Wildman–Crippen MR) is 50.8 cm³/mol. The van der Waals surface area contributed by atoms with Gasteiger partial charge in [-0.05, 0) is 6.07 Å². The Balaban J connectivity index is 2.47. The van der Waals surface area contributed by atoms with Crippen molar-refractivity contribution in [2.45, 2.75) is 13.0 Å². The van der Waals surface area contributed by atoms with E-state index in [1.165, 1.54) is 12.3 Å². The first kappa shape index (κ1) is 10.4. The minimum absolute atomic E-state index is 0.193. The molecule has 0 radical (unpaired) electrons. The summed E-state index contributed by atoms with van der Waals surface area (Å²) in [6, 6.07) is 1.43. The highest BCUT2D eigenvalue weighted by Gasteiger charge is 2.11. The van der Waals surface area contributed by atoms with Gasteiger partial charge in [-0.1, -0.05) is 0 Å². The van der Waals surface area contributed by atoms with Gasteiger partial charge < -0.3 is 14.8 Å². The third-order valence-electron chi connectivity index (χ3n) is 1.71. The Kier molecular flexibility index (Phi) is 3.77. The Hall–Kier alpha value is -1.73. The zero-order chi connectivity index (χ0) is 10.4. The first-order valence-electron chi connectivity index (χ1n) is 4.19. The van der Waals surface area contributed by atoms with Crippen LogP contribution in [0.4, 0.5) is 0 Å². The van der Waals surface area contributed by atoms with Gasteiger partial charge in [0.2, 0.25) is 0 Å². The molecule has 14 heavy (non-hydrogen) atoms. The second-order valence-electron chi connectivity index (χ2n) is 2.69. The Labute approximate surface area is 81.9 Å². The number of rotatable bonds is 5. The van der Waals surface area contributed by atoms with Gasteiger partial charge >= 0.3 is 5.97 Å². The smallest absolute Gasteiger partial charge is 0.339 e. The molecule has 0 aromatic carbocycles. The van der Waals surface area contributed by atoms with Gasteiger partial charge in [-0.2, -0.15) is 0 Å². The highest BCUT2D eigenvalue weighted by molar-refractivity contribution is 5.88. The lowest BCUT2D eigenvalue weighted by atomic mass is 10.2. The summed E-state index contributed by atoms with van der Waals surface area (Å²) in [5, 5.41) is 11.7. The Bertz CT molecular complexity index is 348. The molecule has 0 aliphatic rings. The molecule has 0 fully saturated rings. The molecule has 0 aliphatic carbocycles. The van der Waals surface area contributed by atoms with E-state index in [0.717, 1.165) is 0 Å². The minimum Gasteiger partial charge on any atom is -0.478 e. The normalized spacial score (nSPS) is 9.64. The van der Waals surface area contributed by atoms with E-state index in [9.17, 15) is 4.79 Å². The predicted octanol–water partition coefficient (Wildman–Crippen LogP) is 1.09. The van der Waals surface area contributed by atoms with Gasteiger partial charge in [-0.3, -0.25) is 0 Å². The molecule has 0 unspecified atom stereocenters. The summed E-state index contributed by atoms with van der Waals surface area (Å²) < 4.78 is 5.01. The maximum absolute atomic E-state index is 10.7. The van der Waals surface area contributed by atoms with Crippen molar-refractivity contribution >= 4 is 5.97 Å². The topological polar surface area (TPSA) is 62.5 Å². The van der Waals surface area contributed by atoms with E-state index in [2.05, 4.69) is 11.2 Å². The van der Waals surface area contributed by atoms with Crippen molar-refractivity contribution in [2.75, 3.05) is 6.54 Å².